The van der Waals surface area contributed by atoms with Crippen molar-refractivity contribution in [1.82, 2.24) is 0 Å². The predicted molar refractivity (Wildman–Crippen MR) is 119 cm³/mol. The lowest BCUT2D eigenvalue weighted by Crippen LogP contribution is -2.13. The van der Waals surface area contributed by atoms with Gasteiger partial charge in [-0.2, -0.15) is 5.26 Å². The number of ether oxygens (including phenoxy) is 2. The SMILES string of the molecule is COc1ccc(/C=C(\C#N)C(=O)Nc2ccc(O)cc2)c(OCc2cccc(Cl)c2)c1. The van der Waals surface area contributed by atoms with E-state index < -0.39 is 5.91 Å². The molecule has 31 heavy (non-hydrogen) atoms. The molecule has 0 spiro atoms. The van der Waals surface area contributed by atoms with Gasteiger partial charge in [-0.3, -0.25) is 4.79 Å². The predicted octanol–water partition coefficient (Wildman–Crippen LogP) is 5.18. The van der Waals surface area contributed by atoms with Crippen LogP contribution >= 0.6 is 11.6 Å². The molecule has 0 fully saturated rings. The zero-order valence-corrected chi connectivity index (χ0v) is 17.4. The van der Waals surface area contributed by atoms with E-state index in [4.69, 9.17) is 21.1 Å². The molecular formula is C24H19ClN2O4. The zero-order valence-electron chi connectivity index (χ0n) is 16.6. The first kappa shape index (κ1) is 21.8. The monoisotopic (exact) mass is 434 g/mol. The Hall–Kier alpha value is -3.95. The summed E-state index contributed by atoms with van der Waals surface area (Å²) in [6, 6.07) is 20.3. The normalized spacial score (nSPS) is 10.8. The average Bonchev–Trinajstić information content (AvgIpc) is 2.78. The number of nitrogens with zero attached hydrogens (tertiary/aromatic N) is 1. The third-order valence-electron chi connectivity index (χ3n) is 4.29. The fraction of sp³-hybridized carbons (Fsp3) is 0.0833. The van der Waals surface area contributed by atoms with Gasteiger partial charge in [-0.25, -0.2) is 0 Å². The second-order valence-corrected chi connectivity index (χ2v) is 6.93. The smallest absolute Gasteiger partial charge is 0.266 e. The molecule has 0 saturated heterocycles. The van der Waals surface area contributed by atoms with Crippen molar-refractivity contribution in [3.63, 3.8) is 0 Å². The molecule has 0 unspecified atom stereocenters. The summed E-state index contributed by atoms with van der Waals surface area (Å²) in [5.74, 6) is 0.522. The highest BCUT2D eigenvalue weighted by Crippen LogP contribution is 2.28. The van der Waals surface area contributed by atoms with Crippen molar-refractivity contribution in [1.29, 1.82) is 5.26 Å². The van der Waals surface area contributed by atoms with Crippen LogP contribution in [0.15, 0.2) is 72.3 Å². The molecule has 0 aliphatic rings. The number of aromatic hydroxyl groups is 1. The number of benzene rings is 3. The molecule has 2 N–H and O–H groups in total. The standard InChI is InChI=1S/C24H19ClN2O4/c1-30-22-10-5-17(23(13-22)31-15-16-3-2-4-19(25)11-16)12-18(14-26)24(29)27-20-6-8-21(28)9-7-20/h2-13,28H,15H2,1H3,(H,27,29)/b18-12+. The van der Waals surface area contributed by atoms with Crippen molar-refractivity contribution in [2.45, 2.75) is 6.61 Å². The van der Waals surface area contributed by atoms with Crippen molar-refractivity contribution >= 4 is 29.3 Å². The van der Waals surface area contributed by atoms with E-state index in [1.165, 1.54) is 37.5 Å². The second-order valence-electron chi connectivity index (χ2n) is 6.49. The Labute approximate surface area is 184 Å². The molecule has 0 atom stereocenters. The van der Waals surface area contributed by atoms with Gasteiger partial charge in [-0.05, 0) is 60.2 Å². The number of nitrogens with one attached hydrogen (secondary N) is 1. The highest BCUT2D eigenvalue weighted by Gasteiger charge is 2.13. The lowest BCUT2D eigenvalue weighted by atomic mass is 10.1. The number of phenols is 1. The third kappa shape index (κ3) is 6.01. The van der Waals surface area contributed by atoms with Gasteiger partial charge in [0, 0.05) is 22.3 Å². The van der Waals surface area contributed by atoms with Crippen molar-refractivity contribution in [2.75, 3.05) is 12.4 Å². The molecule has 1 amide bonds. The zero-order chi connectivity index (χ0) is 22.2. The number of hydrogen-bond donors (Lipinski definition) is 2. The van der Waals surface area contributed by atoms with Crippen LogP contribution in [0.4, 0.5) is 5.69 Å². The summed E-state index contributed by atoms with van der Waals surface area (Å²) < 4.78 is 11.2. The molecule has 0 aliphatic carbocycles. The first-order valence-electron chi connectivity index (χ1n) is 9.26. The summed E-state index contributed by atoms with van der Waals surface area (Å²) in [4.78, 5) is 12.5. The minimum atomic E-state index is -0.579. The molecule has 3 aromatic rings. The fourth-order valence-corrected chi connectivity index (χ4v) is 2.93. The Morgan fingerprint density at radius 2 is 1.94 bits per heavy atom. The van der Waals surface area contributed by atoms with Crippen LogP contribution in [0.1, 0.15) is 11.1 Å². The Kier molecular flexibility index (Phi) is 7.15. The summed E-state index contributed by atoms with van der Waals surface area (Å²) in [6.07, 6.45) is 1.45. The summed E-state index contributed by atoms with van der Waals surface area (Å²) in [6.45, 7) is 0.246. The van der Waals surface area contributed by atoms with Crippen LogP contribution in [0, 0.1) is 11.3 Å². The molecule has 3 aromatic carbocycles. The number of amides is 1. The molecule has 0 aliphatic heterocycles. The largest absolute Gasteiger partial charge is 0.508 e. The van der Waals surface area contributed by atoms with Gasteiger partial charge in [0.05, 0.1) is 7.11 Å². The van der Waals surface area contributed by atoms with Gasteiger partial charge in [0.1, 0.15) is 35.5 Å². The quantitative estimate of drug-likeness (QED) is 0.304. The molecule has 3 rings (SSSR count). The van der Waals surface area contributed by atoms with Crippen molar-refractivity contribution < 1.29 is 19.4 Å². The molecule has 0 aromatic heterocycles. The van der Waals surface area contributed by atoms with Gasteiger partial charge in [-0.1, -0.05) is 23.7 Å². The van der Waals surface area contributed by atoms with Crippen molar-refractivity contribution in [2.24, 2.45) is 0 Å². The molecule has 0 radical (unpaired) electrons. The van der Waals surface area contributed by atoms with Crippen LogP contribution in [0.5, 0.6) is 17.2 Å². The maximum Gasteiger partial charge on any atom is 0.266 e. The highest BCUT2D eigenvalue weighted by atomic mass is 35.5. The number of nitriles is 1. The number of halogens is 1. The second kappa shape index (κ2) is 10.2. The van der Waals surface area contributed by atoms with Crippen LogP contribution in [0.25, 0.3) is 6.08 Å². The van der Waals surface area contributed by atoms with Crippen molar-refractivity contribution in [3.8, 4) is 23.3 Å². The Bertz CT molecular complexity index is 1150. The summed E-state index contributed by atoms with van der Waals surface area (Å²) in [5.41, 5.74) is 1.76. The summed E-state index contributed by atoms with van der Waals surface area (Å²) in [5, 5.41) is 22.1. The van der Waals surface area contributed by atoms with E-state index >= 15 is 0 Å². The third-order valence-corrected chi connectivity index (χ3v) is 4.53. The van der Waals surface area contributed by atoms with Crippen LogP contribution in [-0.4, -0.2) is 18.1 Å². The van der Waals surface area contributed by atoms with Crippen LogP contribution in [-0.2, 0) is 11.4 Å². The number of methoxy groups -OCH3 is 1. The fourth-order valence-electron chi connectivity index (χ4n) is 2.72. The van der Waals surface area contributed by atoms with E-state index in [9.17, 15) is 15.2 Å². The van der Waals surface area contributed by atoms with Crippen LogP contribution in [0.2, 0.25) is 5.02 Å². The van der Waals surface area contributed by atoms with E-state index in [0.29, 0.717) is 27.8 Å². The number of hydrogen-bond acceptors (Lipinski definition) is 5. The minimum absolute atomic E-state index is 0.0776. The van der Waals surface area contributed by atoms with Crippen LogP contribution < -0.4 is 14.8 Å². The maximum absolute atomic E-state index is 12.5. The first-order valence-corrected chi connectivity index (χ1v) is 9.64. The van der Waals surface area contributed by atoms with E-state index in [-0.39, 0.29) is 17.9 Å². The van der Waals surface area contributed by atoms with Gasteiger partial charge >= 0.3 is 0 Å². The van der Waals surface area contributed by atoms with E-state index in [0.717, 1.165) is 5.56 Å². The Morgan fingerprint density at radius 3 is 2.61 bits per heavy atom. The van der Waals surface area contributed by atoms with Gasteiger partial charge in [0.15, 0.2) is 0 Å². The number of anilines is 1. The highest BCUT2D eigenvalue weighted by molar-refractivity contribution is 6.30. The number of carbonyl (C=O) groups excluding carboxylic acids is 1. The average molecular weight is 435 g/mol. The van der Waals surface area contributed by atoms with Crippen LogP contribution in [0.3, 0.4) is 0 Å². The topological polar surface area (TPSA) is 91.6 Å². The van der Waals surface area contributed by atoms with E-state index in [2.05, 4.69) is 5.32 Å². The minimum Gasteiger partial charge on any atom is -0.508 e. The number of phenolic OH excluding ortho intramolecular Hbond substituents is 1. The molecular weight excluding hydrogens is 416 g/mol. The van der Waals surface area contributed by atoms with E-state index in [1.54, 1.807) is 30.3 Å². The van der Waals surface area contributed by atoms with Gasteiger partial charge in [-0.15, -0.1) is 0 Å². The number of carbonyl (C=O) groups is 1. The molecule has 6 nitrogen and oxygen atoms in total. The molecule has 0 bridgehead atoms. The van der Waals surface area contributed by atoms with Gasteiger partial charge in [0.25, 0.3) is 5.91 Å². The molecule has 156 valence electrons. The van der Waals surface area contributed by atoms with Crippen molar-refractivity contribution in [3.05, 3.63) is 88.5 Å². The summed E-state index contributed by atoms with van der Waals surface area (Å²) in [7, 11) is 1.54. The maximum atomic E-state index is 12.5. The Balaban J connectivity index is 1.85. The lowest BCUT2D eigenvalue weighted by molar-refractivity contribution is -0.112. The molecule has 0 heterocycles. The summed E-state index contributed by atoms with van der Waals surface area (Å²) >= 11 is 6.02. The molecule has 0 saturated carbocycles. The van der Waals surface area contributed by atoms with E-state index in [1.807, 2.05) is 18.2 Å². The lowest BCUT2D eigenvalue weighted by Gasteiger charge is -2.12. The Morgan fingerprint density at radius 1 is 1.16 bits per heavy atom. The van der Waals surface area contributed by atoms with Gasteiger partial charge in [0.2, 0.25) is 0 Å². The van der Waals surface area contributed by atoms with Gasteiger partial charge < -0.3 is 19.9 Å². The first-order chi connectivity index (χ1) is 15.0. The molecule has 7 heteroatoms. The number of rotatable bonds is 7.